The fourth-order valence-corrected chi connectivity index (χ4v) is 3.52. The molecule has 0 saturated carbocycles. The molecular formula is C23H18ClN3. The van der Waals surface area contributed by atoms with Gasteiger partial charge in [-0.25, -0.2) is 4.99 Å². The van der Waals surface area contributed by atoms with Crippen LogP contribution < -0.4 is 5.73 Å². The summed E-state index contributed by atoms with van der Waals surface area (Å²) >= 11 is 5.80. The van der Waals surface area contributed by atoms with Crippen LogP contribution in [0.25, 0.3) is 33.2 Å². The summed E-state index contributed by atoms with van der Waals surface area (Å²) in [6.07, 6.45) is 3.46. The van der Waals surface area contributed by atoms with Gasteiger partial charge < -0.3 is 10.3 Å². The number of para-hydroxylation sites is 2. The van der Waals surface area contributed by atoms with Crippen LogP contribution >= 0.6 is 11.6 Å². The van der Waals surface area contributed by atoms with Crippen LogP contribution in [0.15, 0.2) is 96.5 Å². The van der Waals surface area contributed by atoms with Crippen molar-refractivity contribution >= 4 is 44.4 Å². The largest absolute Gasteiger partial charge is 0.374 e. The SMILES string of the molecule is C=C/C=C(\N=C(N)Cl)c1cccc(-n2c3ccccc3c3ccccc32)c1. The van der Waals surface area contributed by atoms with Crippen LogP contribution in [0, 0.1) is 0 Å². The maximum Gasteiger partial charge on any atom is 0.193 e. The molecule has 3 nitrogen and oxygen atoms in total. The van der Waals surface area contributed by atoms with Crippen LogP contribution in [0.5, 0.6) is 0 Å². The van der Waals surface area contributed by atoms with E-state index >= 15 is 0 Å². The second-order valence-corrected chi connectivity index (χ2v) is 6.53. The number of nitrogens with two attached hydrogens (primary N) is 1. The first-order chi connectivity index (χ1) is 13.2. The molecule has 0 atom stereocenters. The van der Waals surface area contributed by atoms with Crippen LogP contribution in [0.4, 0.5) is 0 Å². The Labute approximate surface area is 162 Å². The lowest BCUT2D eigenvalue weighted by atomic mass is 10.1. The highest BCUT2D eigenvalue weighted by atomic mass is 35.5. The van der Waals surface area contributed by atoms with Crippen molar-refractivity contribution in [3.8, 4) is 5.69 Å². The number of fused-ring (bicyclic) bond motifs is 3. The van der Waals surface area contributed by atoms with Gasteiger partial charge in [-0.3, -0.25) is 0 Å². The fourth-order valence-electron chi connectivity index (χ4n) is 3.43. The molecule has 0 fully saturated rings. The van der Waals surface area contributed by atoms with Gasteiger partial charge in [-0.15, -0.1) is 0 Å². The number of aromatic nitrogens is 1. The number of rotatable bonds is 4. The first kappa shape index (κ1) is 17.1. The first-order valence-electron chi connectivity index (χ1n) is 8.60. The van der Waals surface area contributed by atoms with Gasteiger partial charge in [0, 0.05) is 22.0 Å². The minimum atomic E-state index is -0.00892. The summed E-state index contributed by atoms with van der Waals surface area (Å²) in [6, 6.07) is 25.0. The predicted molar refractivity (Wildman–Crippen MR) is 116 cm³/mol. The molecule has 27 heavy (non-hydrogen) atoms. The van der Waals surface area contributed by atoms with Crippen LogP contribution in [0.1, 0.15) is 5.56 Å². The summed E-state index contributed by atoms with van der Waals surface area (Å²) in [5, 5.41) is 2.44. The molecule has 132 valence electrons. The van der Waals surface area contributed by atoms with E-state index in [1.54, 1.807) is 12.2 Å². The smallest absolute Gasteiger partial charge is 0.193 e. The molecule has 0 aliphatic rings. The third-order valence-electron chi connectivity index (χ3n) is 4.48. The monoisotopic (exact) mass is 371 g/mol. The van der Waals surface area contributed by atoms with E-state index in [1.807, 2.05) is 12.1 Å². The lowest BCUT2D eigenvalue weighted by Gasteiger charge is -2.10. The number of hydrogen-bond acceptors (Lipinski definition) is 1. The quantitative estimate of drug-likeness (QED) is 0.207. The maximum atomic E-state index is 5.80. The number of halogens is 1. The Morgan fingerprint density at radius 2 is 1.56 bits per heavy atom. The fraction of sp³-hybridized carbons (Fsp3) is 0. The number of hydrogen-bond donors (Lipinski definition) is 1. The Morgan fingerprint density at radius 1 is 0.926 bits per heavy atom. The van der Waals surface area contributed by atoms with Crippen molar-refractivity contribution < 1.29 is 0 Å². The Morgan fingerprint density at radius 3 is 2.15 bits per heavy atom. The molecule has 1 aromatic heterocycles. The predicted octanol–water partition coefficient (Wildman–Crippen LogP) is 5.86. The van der Waals surface area contributed by atoms with E-state index < -0.39 is 0 Å². The molecule has 0 aliphatic heterocycles. The number of benzene rings is 3. The minimum absolute atomic E-state index is 0.00892. The van der Waals surface area contributed by atoms with Crippen LogP contribution in [-0.4, -0.2) is 9.86 Å². The summed E-state index contributed by atoms with van der Waals surface area (Å²) in [5.74, 6) is 0. The lowest BCUT2D eigenvalue weighted by Crippen LogP contribution is -2.02. The normalized spacial score (nSPS) is 12.6. The number of amidine groups is 1. The van der Waals surface area contributed by atoms with E-state index in [-0.39, 0.29) is 5.29 Å². The molecule has 2 N–H and O–H groups in total. The molecule has 0 saturated heterocycles. The Hall–Kier alpha value is -3.30. The van der Waals surface area contributed by atoms with Gasteiger partial charge in [0.1, 0.15) is 0 Å². The van der Waals surface area contributed by atoms with Crippen LogP contribution in [-0.2, 0) is 0 Å². The zero-order valence-electron chi connectivity index (χ0n) is 14.6. The number of nitrogens with zero attached hydrogens (tertiary/aromatic N) is 2. The van der Waals surface area contributed by atoms with Crippen molar-refractivity contribution in [3.05, 3.63) is 97.1 Å². The minimum Gasteiger partial charge on any atom is -0.374 e. The van der Waals surface area contributed by atoms with Crippen molar-refractivity contribution in [3.63, 3.8) is 0 Å². The van der Waals surface area contributed by atoms with Gasteiger partial charge in [-0.1, -0.05) is 61.2 Å². The lowest BCUT2D eigenvalue weighted by molar-refractivity contribution is 1.18. The molecule has 0 aliphatic carbocycles. The summed E-state index contributed by atoms with van der Waals surface area (Å²) in [4.78, 5) is 4.22. The van der Waals surface area contributed by atoms with Crippen molar-refractivity contribution in [2.24, 2.45) is 10.7 Å². The van der Waals surface area contributed by atoms with Gasteiger partial charge in [-0.2, -0.15) is 0 Å². The maximum absolute atomic E-state index is 5.80. The first-order valence-corrected chi connectivity index (χ1v) is 8.98. The Bertz CT molecular complexity index is 1160. The molecule has 4 aromatic rings. The average molecular weight is 372 g/mol. The second kappa shape index (κ2) is 7.14. The molecular weight excluding hydrogens is 354 g/mol. The van der Waals surface area contributed by atoms with E-state index in [9.17, 15) is 0 Å². The molecule has 1 heterocycles. The van der Waals surface area contributed by atoms with Gasteiger partial charge in [0.05, 0.1) is 16.7 Å². The van der Waals surface area contributed by atoms with E-state index in [2.05, 4.69) is 76.8 Å². The highest BCUT2D eigenvalue weighted by molar-refractivity contribution is 6.64. The van der Waals surface area contributed by atoms with Gasteiger partial charge in [-0.05, 0) is 41.9 Å². The molecule has 0 unspecified atom stereocenters. The third-order valence-corrected chi connectivity index (χ3v) is 4.57. The van der Waals surface area contributed by atoms with Gasteiger partial charge in [0.15, 0.2) is 5.29 Å². The standard InChI is InChI=1S/C23H18ClN3/c1-2-8-20(26-23(24)25)16-9-7-10-17(15-16)27-21-13-5-3-11-18(21)19-12-4-6-14-22(19)27/h2-15H,1H2,(H2,25,26)/b20-8-. The zero-order valence-corrected chi connectivity index (χ0v) is 15.4. The molecule has 0 bridgehead atoms. The third kappa shape index (κ3) is 3.14. The number of allylic oxidation sites excluding steroid dienone is 2. The molecule has 4 heteroatoms. The summed E-state index contributed by atoms with van der Waals surface area (Å²) < 4.78 is 2.26. The van der Waals surface area contributed by atoms with E-state index in [0.29, 0.717) is 5.70 Å². The Kier molecular flexibility index (Phi) is 4.53. The summed E-state index contributed by atoms with van der Waals surface area (Å²) in [5.41, 5.74) is 10.5. The molecule has 0 radical (unpaired) electrons. The molecule has 3 aromatic carbocycles. The van der Waals surface area contributed by atoms with Crippen molar-refractivity contribution in [1.82, 2.24) is 4.57 Å². The molecule has 0 spiro atoms. The molecule has 0 amide bonds. The summed E-state index contributed by atoms with van der Waals surface area (Å²) in [6.45, 7) is 3.75. The van der Waals surface area contributed by atoms with Crippen molar-refractivity contribution in [2.45, 2.75) is 0 Å². The average Bonchev–Trinajstić information content (AvgIpc) is 3.02. The highest BCUT2D eigenvalue weighted by Gasteiger charge is 2.12. The van der Waals surface area contributed by atoms with Crippen LogP contribution in [0.2, 0.25) is 0 Å². The molecule has 4 rings (SSSR count). The van der Waals surface area contributed by atoms with Gasteiger partial charge >= 0.3 is 0 Å². The van der Waals surface area contributed by atoms with Crippen molar-refractivity contribution in [2.75, 3.05) is 0 Å². The van der Waals surface area contributed by atoms with E-state index in [1.165, 1.54) is 10.8 Å². The van der Waals surface area contributed by atoms with E-state index in [0.717, 1.165) is 22.3 Å². The highest BCUT2D eigenvalue weighted by Crippen LogP contribution is 2.32. The Balaban J connectivity index is 1.99. The summed E-state index contributed by atoms with van der Waals surface area (Å²) in [7, 11) is 0. The van der Waals surface area contributed by atoms with Crippen molar-refractivity contribution in [1.29, 1.82) is 0 Å². The zero-order chi connectivity index (χ0) is 18.8. The van der Waals surface area contributed by atoms with E-state index in [4.69, 9.17) is 17.3 Å². The number of aliphatic imine (C=N–C) groups is 1. The van der Waals surface area contributed by atoms with Gasteiger partial charge in [0.2, 0.25) is 0 Å². The topological polar surface area (TPSA) is 43.3 Å². The second-order valence-electron chi connectivity index (χ2n) is 6.14. The van der Waals surface area contributed by atoms with Crippen LogP contribution in [0.3, 0.4) is 0 Å². The van der Waals surface area contributed by atoms with Gasteiger partial charge in [0.25, 0.3) is 0 Å².